The van der Waals surface area contributed by atoms with Crippen LogP contribution in [0.2, 0.25) is 0 Å². The van der Waals surface area contributed by atoms with Gasteiger partial charge < -0.3 is 4.74 Å². The summed E-state index contributed by atoms with van der Waals surface area (Å²) in [5.74, 6) is -0.152. The van der Waals surface area contributed by atoms with E-state index in [9.17, 15) is 14.5 Å². The second-order valence-corrected chi connectivity index (χ2v) is 5.15. The van der Waals surface area contributed by atoms with Crippen molar-refractivity contribution >= 4 is 11.6 Å². The van der Waals surface area contributed by atoms with Crippen molar-refractivity contribution in [3.63, 3.8) is 0 Å². The van der Waals surface area contributed by atoms with Gasteiger partial charge in [0.25, 0.3) is 0 Å². The van der Waals surface area contributed by atoms with Gasteiger partial charge in [0.1, 0.15) is 6.61 Å². The molecule has 0 aromatic heterocycles. The third-order valence-electron chi connectivity index (χ3n) is 2.86. The van der Waals surface area contributed by atoms with Crippen LogP contribution in [0.3, 0.4) is 0 Å². The minimum absolute atomic E-state index is 0.198. The molecule has 0 atom stereocenters. The predicted molar refractivity (Wildman–Crippen MR) is 68.8 cm³/mol. The average molecular weight is 266 g/mol. The highest BCUT2D eigenvalue weighted by Gasteiger charge is 2.25. The lowest BCUT2D eigenvalue weighted by Crippen LogP contribution is -2.17. The first-order valence-corrected chi connectivity index (χ1v) is 6.02. The van der Waals surface area contributed by atoms with Gasteiger partial charge in [-0.25, -0.2) is 4.99 Å². The van der Waals surface area contributed by atoms with E-state index in [2.05, 4.69) is 4.99 Å². The number of ether oxygens (including phenoxy) is 1. The smallest absolute Gasteiger partial charge is 0.304 e. The van der Waals surface area contributed by atoms with E-state index in [4.69, 9.17) is 4.74 Å². The molecule has 1 heterocycles. The number of nitro benzene ring substituents is 1. The standard InChI is InChI=1S/C13H15FN2O3/c1-13(2)8-19-12(15-13)6-4-9-3-5-11(16(17)18)10(14)7-9/h3,5,7H,4,6,8H2,1-2H3. The van der Waals surface area contributed by atoms with E-state index < -0.39 is 16.4 Å². The molecule has 0 saturated carbocycles. The van der Waals surface area contributed by atoms with Crippen molar-refractivity contribution in [2.24, 2.45) is 4.99 Å². The summed E-state index contributed by atoms with van der Waals surface area (Å²) in [6, 6.07) is 3.94. The Bertz CT molecular complexity index is 541. The maximum Gasteiger partial charge on any atom is 0.304 e. The molecule has 1 aromatic rings. The van der Waals surface area contributed by atoms with Crippen LogP contribution in [0.25, 0.3) is 0 Å². The molecule has 0 radical (unpaired) electrons. The van der Waals surface area contributed by atoms with Crippen LogP contribution in [0.5, 0.6) is 0 Å². The number of rotatable bonds is 4. The van der Waals surface area contributed by atoms with E-state index in [1.54, 1.807) is 6.07 Å². The van der Waals surface area contributed by atoms with E-state index in [1.807, 2.05) is 13.8 Å². The normalized spacial score (nSPS) is 16.9. The van der Waals surface area contributed by atoms with E-state index in [0.29, 0.717) is 30.9 Å². The topological polar surface area (TPSA) is 64.7 Å². The fourth-order valence-electron chi connectivity index (χ4n) is 1.90. The Morgan fingerprint density at radius 3 is 2.74 bits per heavy atom. The number of nitrogens with zero attached hydrogens (tertiary/aromatic N) is 2. The summed E-state index contributed by atoms with van der Waals surface area (Å²) in [6.45, 7) is 4.51. The third kappa shape index (κ3) is 3.27. The van der Waals surface area contributed by atoms with E-state index in [-0.39, 0.29) is 5.54 Å². The molecular weight excluding hydrogens is 251 g/mol. The number of hydrogen-bond acceptors (Lipinski definition) is 4. The first-order chi connectivity index (χ1) is 8.87. The van der Waals surface area contributed by atoms with Gasteiger partial charge >= 0.3 is 5.69 Å². The minimum atomic E-state index is -0.808. The molecule has 0 unspecified atom stereocenters. The van der Waals surface area contributed by atoms with Crippen LogP contribution in [-0.4, -0.2) is 23.0 Å². The number of halogens is 1. The van der Waals surface area contributed by atoms with Gasteiger partial charge in [-0.05, 0) is 31.9 Å². The molecule has 0 aliphatic carbocycles. The fraction of sp³-hybridized carbons (Fsp3) is 0.462. The predicted octanol–water partition coefficient (Wildman–Crippen LogP) is 2.87. The van der Waals surface area contributed by atoms with Gasteiger partial charge in [-0.1, -0.05) is 6.07 Å². The molecule has 0 spiro atoms. The molecule has 6 heteroatoms. The molecule has 5 nitrogen and oxygen atoms in total. The van der Waals surface area contributed by atoms with Crippen molar-refractivity contribution in [2.45, 2.75) is 32.2 Å². The molecule has 0 amide bonds. The molecule has 0 saturated heterocycles. The SMILES string of the molecule is CC1(C)COC(CCc2ccc([N+](=O)[O-])c(F)c2)=N1. The Balaban J connectivity index is 2.01. The quantitative estimate of drug-likeness (QED) is 0.621. The molecule has 1 aliphatic heterocycles. The largest absolute Gasteiger partial charge is 0.478 e. The molecule has 102 valence electrons. The summed E-state index contributed by atoms with van der Waals surface area (Å²) in [5, 5.41) is 10.5. The van der Waals surface area contributed by atoms with Gasteiger partial charge in [-0.3, -0.25) is 10.1 Å². The number of nitro groups is 1. The number of hydrogen-bond donors (Lipinski definition) is 0. The highest BCUT2D eigenvalue weighted by molar-refractivity contribution is 5.78. The van der Waals surface area contributed by atoms with Crippen molar-refractivity contribution in [3.05, 3.63) is 39.7 Å². The maximum atomic E-state index is 13.4. The molecule has 0 N–H and O–H groups in total. The van der Waals surface area contributed by atoms with Crippen molar-refractivity contribution in [1.82, 2.24) is 0 Å². The van der Waals surface area contributed by atoms with Crippen LogP contribution >= 0.6 is 0 Å². The lowest BCUT2D eigenvalue weighted by molar-refractivity contribution is -0.387. The summed E-state index contributed by atoms with van der Waals surface area (Å²) in [5.41, 5.74) is -0.00535. The number of benzene rings is 1. The zero-order valence-corrected chi connectivity index (χ0v) is 10.9. The van der Waals surface area contributed by atoms with Crippen LogP contribution in [0.15, 0.2) is 23.2 Å². The average Bonchev–Trinajstić information content (AvgIpc) is 2.66. The first kappa shape index (κ1) is 13.5. The summed E-state index contributed by atoms with van der Waals surface area (Å²) < 4.78 is 18.9. The van der Waals surface area contributed by atoms with E-state index >= 15 is 0 Å². The Labute approximate surface area is 110 Å². The molecule has 0 fully saturated rings. The van der Waals surface area contributed by atoms with Crippen molar-refractivity contribution < 1.29 is 14.1 Å². The Hall–Kier alpha value is -1.98. The van der Waals surface area contributed by atoms with Crippen LogP contribution < -0.4 is 0 Å². The van der Waals surface area contributed by atoms with Crippen molar-refractivity contribution in [1.29, 1.82) is 0 Å². The van der Waals surface area contributed by atoms with Gasteiger partial charge in [-0.2, -0.15) is 4.39 Å². The third-order valence-corrected chi connectivity index (χ3v) is 2.86. The molecule has 1 aromatic carbocycles. The minimum Gasteiger partial charge on any atom is -0.478 e. The lowest BCUT2D eigenvalue weighted by atomic mass is 10.1. The number of aliphatic imine (C=N–C) groups is 1. The Kier molecular flexibility index (Phi) is 3.50. The van der Waals surface area contributed by atoms with Gasteiger partial charge in [0.2, 0.25) is 5.82 Å². The van der Waals surface area contributed by atoms with Crippen molar-refractivity contribution in [2.75, 3.05) is 6.61 Å². The van der Waals surface area contributed by atoms with Crippen LogP contribution in [0.1, 0.15) is 25.8 Å². The van der Waals surface area contributed by atoms with E-state index in [1.165, 1.54) is 12.1 Å². The molecule has 1 aliphatic rings. The van der Waals surface area contributed by atoms with Gasteiger partial charge in [0.05, 0.1) is 10.5 Å². The van der Waals surface area contributed by atoms with E-state index in [0.717, 1.165) is 0 Å². The Morgan fingerprint density at radius 1 is 1.47 bits per heavy atom. The fourth-order valence-corrected chi connectivity index (χ4v) is 1.90. The summed E-state index contributed by atoms with van der Waals surface area (Å²) >= 11 is 0. The lowest BCUT2D eigenvalue weighted by Gasteiger charge is -2.07. The summed E-state index contributed by atoms with van der Waals surface area (Å²) in [6.07, 6.45) is 1.12. The second-order valence-electron chi connectivity index (χ2n) is 5.15. The highest BCUT2D eigenvalue weighted by atomic mass is 19.1. The first-order valence-electron chi connectivity index (χ1n) is 6.02. The Morgan fingerprint density at radius 2 is 2.21 bits per heavy atom. The van der Waals surface area contributed by atoms with Gasteiger partial charge in [0, 0.05) is 12.5 Å². The summed E-state index contributed by atoms with van der Waals surface area (Å²) in [4.78, 5) is 14.2. The highest BCUT2D eigenvalue weighted by Crippen LogP contribution is 2.21. The van der Waals surface area contributed by atoms with Crippen LogP contribution in [0.4, 0.5) is 10.1 Å². The number of aryl methyl sites for hydroxylation is 1. The zero-order chi connectivity index (χ0) is 14.0. The monoisotopic (exact) mass is 266 g/mol. The molecule has 19 heavy (non-hydrogen) atoms. The molecule has 0 bridgehead atoms. The van der Waals surface area contributed by atoms with Gasteiger partial charge in [-0.15, -0.1) is 0 Å². The second kappa shape index (κ2) is 4.95. The maximum absolute atomic E-state index is 13.4. The van der Waals surface area contributed by atoms with Gasteiger partial charge in [0.15, 0.2) is 5.90 Å². The molecule has 2 rings (SSSR count). The van der Waals surface area contributed by atoms with Crippen molar-refractivity contribution in [3.8, 4) is 0 Å². The zero-order valence-electron chi connectivity index (χ0n) is 10.9. The van der Waals surface area contributed by atoms with Crippen LogP contribution in [0, 0.1) is 15.9 Å². The summed E-state index contributed by atoms with van der Waals surface area (Å²) in [7, 11) is 0. The molecular formula is C13H15FN2O3. The van der Waals surface area contributed by atoms with Crippen LogP contribution in [-0.2, 0) is 11.2 Å².